The molecular formula is C25H16BrCl2F3N6O2. The molecule has 0 fully saturated rings. The van der Waals surface area contributed by atoms with Crippen molar-refractivity contribution in [2.75, 3.05) is 12.4 Å². The van der Waals surface area contributed by atoms with Gasteiger partial charge in [0.15, 0.2) is 17.2 Å². The summed E-state index contributed by atoms with van der Waals surface area (Å²) in [5.74, 6) is -0.0663. The van der Waals surface area contributed by atoms with E-state index in [2.05, 4.69) is 36.4 Å². The number of aromatic nitrogens is 5. The Balaban J connectivity index is 1.48. The fourth-order valence-corrected chi connectivity index (χ4v) is 4.68. The number of carbonyl (C=O) groups is 1. The third-order valence-electron chi connectivity index (χ3n) is 5.69. The molecule has 14 heteroatoms. The molecule has 2 aromatic carbocycles. The van der Waals surface area contributed by atoms with E-state index in [1.54, 1.807) is 48.7 Å². The summed E-state index contributed by atoms with van der Waals surface area (Å²) < 4.78 is 49.5. The van der Waals surface area contributed by atoms with Gasteiger partial charge in [-0.2, -0.15) is 23.4 Å². The van der Waals surface area contributed by atoms with Crippen molar-refractivity contribution >= 4 is 56.5 Å². The van der Waals surface area contributed by atoms with Crippen LogP contribution in [0.4, 0.5) is 19.0 Å². The average Bonchev–Trinajstić information content (AvgIpc) is 3.47. The number of benzene rings is 2. The first-order valence-corrected chi connectivity index (χ1v) is 12.7. The van der Waals surface area contributed by atoms with E-state index in [0.717, 1.165) is 17.8 Å². The number of amides is 1. The lowest BCUT2D eigenvalue weighted by atomic mass is 10.1. The van der Waals surface area contributed by atoms with Gasteiger partial charge in [0.25, 0.3) is 5.91 Å². The van der Waals surface area contributed by atoms with E-state index < -0.39 is 17.8 Å². The number of carbonyl (C=O) groups excluding carboxylic acids is 1. The number of ether oxygens (including phenoxy) is 1. The number of nitrogens with one attached hydrogen (secondary N) is 1. The van der Waals surface area contributed by atoms with E-state index in [1.807, 2.05) is 0 Å². The number of nitrogens with zero attached hydrogens (tertiary/aromatic N) is 5. The van der Waals surface area contributed by atoms with Crippen molar-refractivity contribution in [2.45, 2.75) is 12.7 Å². The first-order valence-electron chi connectivity index (χ1n) is 11.1. The topological polar surface area (TPSA) is 86.3 Å². The molecule has 0 spiro atoms. The van der Waals surface area contributed by atoms with Crippen LogP contribution in [-0.4, -0.2) is 37.4 Å². The van der Waals surface area contributed by atoms with Crippen molar-refractivity contribution in [1.29, 1.82) is 0 Å². The highest BCUT2D eigenvalue weighted by molar-refractivity contribution is 9.10. The highest BCUT2D eigenvalue weighted by Crippen LogP contribution is 2.33. The molecule has 0 aliphatic rings. The second-order valence-corrected chi connectivity index (χ2v) is 9.96. The molecule has 0 radical (unpaired) electrons. The Morgan fingerprint density at radius 2 is 1.87 bits per heavy atom. The van der Waals surface area contributed by atoms with Crippen molar-refractivity contribution < 1.29 is 22.7 Å². The van der Waals surface area contributed by atoms with E-state index >= 15 is 0 Å². The molecule has 0 unspecified atom stereocenters. The number of anilines is 1. The Morgan fingerprint density at radius 3 is 2.54 bits per heavy atom. The maximum Gasteiger partial charge on any atom is 0.433 e. The normalized spacial score (nSPS) is 11.7. The molecule has 1 N–H and O–H groups in total. The fraction of sp³-hybridized carbons (Fsp3) is 0.120. The van der Waals surface area contributed by atoms with E-state index in [0.29, 0.717) is 30.3 Å². The summed E-state index contributed by atoms with van der Waals surface area (Å²) in [7, 11) is 1.48. The lowest BCUT2D eigenvalue weighted by molar-refractivity contribution is -0.142. The lowest BCUT2D eigenvalue weighted by Crippen LogP contribution is -2.16. The summed E-state index contributed by atoms with van der Waals surface area (Å²) in [5, 5.41) is 11.7. The van der Waals surface area contributed by atoms with Gasteiger partial charge < -0.3 is 10.1 Å². The number of alkyl halides is 3. The summed E-state index contributed by atoms with van der Waals surface area (Å²) in [6.45, 7) is 0.281. The Labute approximate surface area is 237 Å². The maximum atomic E-state index is 13.9. The highest BCUT2D eigenvalue weighted by Gasteiger charge is 2.36. The fourth-order valence-electron chi connectivity index (χ4n) is 3.80. The molecule has 1 amide bonds. The molecule has 5 aromatic rings. The summed E-state index contributed by atoms with van der Waals surface area (Å²) in [6, 6.07) is 12.3. The molecule has 0 aliphatic heterocycles. The summed E-state index contributed by atoms with van der Waals surface area (Å²) >= 11 is 15.5. The van der Waals surface area contributed by atoms with Crippen LogP contribution in [0.1, 0.15) is 21.6 Å². The molecule has 0 bridgehead atoms. The zero-order chi connectivity index (χ0) is 27.9. The number of rotatable bonds is 6. The van der Waals surface area contributed by atoms with Crippen LogP contribution in [0.2, 0.25) is 10.0 Å². The minimum atomic E-state index is -4.76. The maximum absolute atomic E-state index is 13.9. The molecule has 0 saturated heterocycles. The molecule has 39 heavy (non-hydrogen) atoms. The quantitative estimate of drug-likeness (QED) is 0.216. The van der Waals surface area contributed by atoms with Crippen LogP contribution < -0.4 is 10.1 Å². The van der Waals surface area contributed by atoms with Gasteiger partial charge in [-0.1, -0.05) is 29.3 Å². The number of halogens is 6. The van der Waals surface area contributed by atoms with E-state index in [-0.39, 0.29) is 29.3 Å². The van der Waals surface area contributed by atoms with Crippen molar-refractivity contribution in [3.63, 3.8) is 0 Å². The molecule has 8 nitrogen and oxygen atoms in total. The van der Waals surface area contributed by atoms with Gasteiger partial charge in [0.2, 0.25) is 0 Å². The minimum Gasteiger partial charge on any atom is -0.497 e. The Morgan fingerprint density at radius 1 is 1.13 bits per heavy atom. The van der Waals surface area contributed by atoms with Crippen LogP contribution in [0, 0.1) is 0 Å². The van der Waals surface area contributed by atoms with Gasteiger partial charge in [-0.15, -0.1) is 0 Å². The van der Waals surface area contributed by atoms with Crippen molar-refractivity contribution in [3.05, 3.63) is 92.3 Å². The Kier molecular flexibility index (Phi) is 7.27. The van der Waals surface area contributed by atoms with Crippen LogP contribution in [0.5, 0.6) is 5.75 Å². The Hall–Kier alpha value is -3.61. The van der Waals surface area contributed by atoms with Crippen molar-refractivity contribution in [2.24, 2.45) is 0 Å². The van der Waals surface area contributed by atoms with Gasteiger partial charge in [-0.05, 0) is 64.0 Å². The SMILES string of the molecule is COc1ccc(-c2cc(C(F)(F)F)n3ncc(C(=O)Nc4nn(Cc5ccc(Cl)cc5Cl)cc4Br)c3n2)cc1. The van der Waals surface area contributed by atoms with Crippen LogP contribution >= 0.6 is 39.1 Å². The predicted molar refractivity (Wildman–Crippen MR) is 143 cm³/mol. The standard InChI is InChI=1S/C25H16BrCl2F3N6O2/c1-39-16-6-3-13(4-7-16)20-9-21(25(29,30)31)37-23(33-20)17(10-32-37)24(38)34-22-18(26)12-36(35-22)11-14-2-5-15(27)8-19(14)28/h2-10,12H,11H2,1H3,(H,34,35,38). The zero-order valence-corrected chi connectivity index (χ0v) is 22.9. The number of methoxy groups -OCH3 is 1. The second-order valence-electron chi connectivity index (χ2n) is 8.26. The minimum absolute atomic E-state index is 0.0114. The number of fused-ring (bicyclic) bond motifs is 1. The highest BCUT2D eigenvalue weighted by atomic mass is 79.9. The van der Waals surface area contributed by atoms with Crippen LogP contribution in [0.15, 0.2) is 65.4 Å². The number of hydrogen-bond acceptors (Lipinski definition) is 5. The van der Waals surface area contributed by atoms with Crippen LogP contribution in [-0.2, 0) is 12.7 Å². The molecule has 0 aliphatic carbocycles. The van der Waals surface area contributed by atoms with Crippen LogP contribution in [0.3, 0.4) is 0 Å². The zero-order valence-electron chi connectivity index (χ0n) is 19.8. The smallest absolute Gasteiger partial charge is 0.433 e. The summed E-state index contributed by atoms with van der Waals surface area (Å²) in [4.78, 5) is 17.5. The second kappa shape index (κ2) is 10.5. The van der Waals surface area contributed by atoms with Gasteiger partial charge in [-0.25, -0.2) is 9.50 Å². The van der Waals surface area contributed by atoms with Gasteiger partial charge in [0, 0.05) is 21.8 Å². The molecule has 5 rings (SSSR count). The van der Waals surface area contributed by atoms with Crippen molar-refractivity contribution in [1.82, 2.24) is 24.4 Å². The summed E-state index contributed by atoms with van der Waals surface area (Å²) in [6.07, 6.45) is -2.10. The molecule has 200 valence electrons. The largest absolute Gasteiger partial charge is 0.497 e. The molecule has 3 heterocycles. The van der Waals surface area contributed by atoms with Crippen molar-refractivity contribution in [3.8, 4) is 17.0 Å². The van der Waals surface area contributed by atoms with Gasteiger partial charge >= 0.3 is 6.18 Å². The summed E-state index contributed by atoms with van der Waals surface area (Å²) in [5.41, 5.74) is -0.361. The third-order valence-corrected chi connectivity index (χ3v) is 6.86. The van der Waals surface area contributed by atoms with Gasteiger partial charge in [0.1, 0.15) is 11.3 Å². The predicted octanol–water partition coefficient (Wildman–Crippen LogP) is 6.99. The average molecular weight is 640 g/mol. The van der Waals surface area contributed by atoms with Crippen LogP contribution in [0.25, 0.3) is 16.9 Å². The monoisotopic (exact) mass is 638 g/mol. The van der Waals surface area contributed by atoms with Gasteiger partial charge in [0.05, 0.1) is 30.0 Å². The first kappa shape index (κ1) is 27.0. The van der Waals surface area contributed by atoms with E-state index in [9.17, 15) is 18.0 Å². The molecule has 3 aromatic heterocycles. The van der Waals surface area contributed by atoms with Gasteiger partial charge in [-0.3, -0.25) is 9.48 Å². The number of hydrogen-bond donors (Lipinski definition) is 1. The molecule has 0 saturated carbocycles. The van der Waals surface area contributed by atoms with E-state index in [1.165, 1.54) is 11.8 Å². The van der Waals surface area contributed by atoms with E-state index in [4.69, 9.17) is 27.9 Å². The first-order chi connectivity index (χ1) is 18.5. The molecular weight excluding hydrogens is 624 g/mol. The molecule has 0 atom stereocenters. The third kappa shape index (κ3) is 5.58. The lowest BCUT2D eigenvalue weighted by Gasteiger charge is -2.12. The Bertz CT molecular complexity index is 1700.